The van der Waals surface area contributed by atoms with Crippen molar-refractivity contribution in [2.45, 2.75) is 24.9 Å². The minimum absolute atomic E-state index is 0.254. The number of aliphatic hydroxyl groups excluding tert-OH is 1. The van der Waals surface area contributed by atoms with Gasteiger partial charge in [0, 0.05) is 31.0 Å². The van der Waals surface area contributed by atoms with Crippen LogP contribution in [0.25, 0.3) is 11.3 Å². The summed E-state index contributed by atoms with van der Waals surface area (Å²) in [6, 6.07) is 13.7. The molecule has 3 aromatic rings. The van der Waals surface area contributed by atoms with E-state index in [1.165, 1.54) is 18.4 Å². The zero-order chi connectivity index (χ0) is 19.8. The number of nitrogens with one attached hydrogen (secondary N) is 1. The molecule has 0 unspecified atom stereocenters. The van der Waals surface area contributed by atoms with Gasteiger partial charge in [0.05, 0.1) is 23.4 Å². The SMILES string of the molecule is N#Cc1ccnc(Nc2cc(C3CC3)cc(-c3ccc(N4CC(O)C4)nc3)n2)c1. The van der Waals surface area contributed by atoms with Crippen LogP contribution in [-0.2, 0) is 0 Å². The van der Waals surface area contributed by atoms with E-state index in [1.54, 1.807) is 18.3 Å². The summed E-state index contributed by atoms with van der Waals surface area (Å²) in [5, 5.41) is 21.8. The average molecular weight is 384 g/mol. The molecular formula is C22H20N6O. The Morgan fingerprint density at radius 2 is 1.93 bits per heavy atom. The first kappa shape index (κ1) is 17.6. The smallest absolute Gasteiger partial charge is 0.132 e. The molecule has 7 heteroatoms. The second kappa shape index (κ2) is 7.15. The molecule has 5 rings (SSSR count). The molecule has 4 heterocycles. The number of aliphatic hydroxyl groups is 1. The summed E-state index contributed by atoms with van der Waals surface area (Å²) in [5.41, 5.74) is 3.61. The van der Waals surface area contributed by atoms with E-state index in [0.29, 0.717) is 36.2 Å². The largest absolute Gasteiger partial charge is 0.389 e. The minimum Gasteiger partial charge on any atom is -0.389 e. The number of pyridine rings is 3. The Hall–Kier alpha value is -3.50. The minimum atomic E-state index is -0.254. The Bertz CT molecular complexity index is 1080. The van der Waals surface area contributed by atoms with Gasteiger partial charge in [-0.15, -0.1) is 0 Å². The quantitative estimate of drug-likeness (QED) is 0.697. The van der Waals surface area contributed by atoms with E-state index in [1.807, 2.05) is 23.2 Å². The second-order valence-corrected chi connectivity index (χ2v) is 7.58. The highest BCUT2D eigenvalue weighted by Crippen LogP contribution is 2.42. The van der Waals surface area contributed by atoms with Crippen molar-refractivity contribution in [3.05, 3.63) is 59.9 Å². The van der Waals surface area contributed by atoms with E-state index in [0.717, 1.165) is 17.1 Å². The molecule has 2 aliphatic rings. The number of nitrogens with zero attached hydrogens (tertiary/aromatic N) is 5. The Kier molecular flexibility index (Phi) is 4.34. The van der Waals surface area contributed by atoms with Gasteiger partial charge in [0.25, 0.3) is 0 Å². The lowest BCUT2D eigenvalue weighted by molar-refractivity contribution is 0.141. The van der Waals surface area contributed by atoms with Gasteiger partial charge in [0.15, 0.2) is 0 Å². The molecular weight excluding hydrogens is 364 g/mol. The van der Waals surface area contributed by atoms with E-state index in [2.05, 4.69) is 33.5 Å². The number of rotatable bonds is 5. The van der Waals surface area contributed by atoms with Crippen molar-refractivity contribution in [2.75, 3.05) is 23.3 Å². The molecule has 144 valence electrons. The highest BCUT2D eigenvalue weighted by Gasteiger charge is 2.26. The standard InChI is InChI=1S/C22H20N6O/c23-10-14-5-6-24-20(7-14)27-21-9-17(15-1-2-15)8-19(26-21)16-3-4-22(25-11-16)28-12-18(29)13-28/h3-9,11,15,18,29H,1-2,12-13H2,(H,24,26,27). The van der Waals surface area contributed by atoms with Crippen LogP contribution in [0.5, 0.6) is 0 Å². The molecule has 2 N–H and O–H groups in total. The molecule has 0 amide bonds. The number of anilines is 3. The Morgan fingerprint density at radius 1 is 1.07 bits per heavy atom. The lowest BCUT2D eigenvalue weighted by Gasteiger charge is -2.36. The third-order valence-corrected chi connectivity index (χ3v) is 5.27. The van der Waals surface area contributed by atoms with Gasteiger partial charge in [0.1, 0.15) is 17.5 Å². The molecule has 0 atom stereocenters. The Labute approximate surface area is 168 Å². The van der Waals surface area contributed by atoms with Gasteiger partial charge < -0.3 is 15.3 Å². The molecule has 1 saturated carbocycles. The van der Waals surface area contributed by atoms with Gasteiger partial charge in [-0.05, 0) is 60.7 Å². The van der Waals surface area contributed by atoms with Crippen LogP contribution >= 0.6 is 0 Å². The molecule has 0 spiro atoms. The van der Waals surface area contributed by atoms with Gasteiger partial charge in [-0.2, -0.15) is 5.26 Å². The lowest BCUT2D eigenvalue weighted by atomic mass is 10.1. The van der Waals surface area contributed by atoms with Gasteiger partial charge in [-0.1, -0.05) is 0 Å². The summed E-state index contributed by atoms with van der Waals surface area (Å²) in [5.74, 6) is 2.75. The molecule has 2 fully saturated rings. The molecule has 3 aromatic heterocycles. The molecule has 1 aliphatic heterocycles. The summed E-state index contributed by atoms with van der Waals surface area (Å²) >= 11 is 0. The van der Waals surface area contributed by atoms with Crippen LogP contribution in [0, 0.1) is 11.3 Å². The molecule has 0 bridgehead atoms. The summed E-state index contributed by atoms with van der Waals surface area (Å²) in [7, 11) is 0. The maximum Gasteiger partial charge on any atom is 0.132 e. The van der Waals surface area contributed by atoms with Crippen LogP contribution < -0.4 is 10.2 Å². The number of aromatic nitrogens is 3. The summed E-state index contributed by atoms with van der Waals surface area (Å²) < 4.78 is 0. The van der Waals surface area contributed by atoms with Gasteiger partial charge >= 0.3 is 0 Å². The number of nitriles is 1. The normalized spacial score (nSPS) is 16.2. The predicted octanol–water partition coefficient (Wildman–Crippen LogP) is 3.21. The fraction of sp³-hybridized carbons (Fsp3) is 0.273. The zero-order valence-corrected chi connectivity index (χ0v) is 15.8. The second-order valence-electron chi connectivity index (χ2n) is 7.58. The van der Waals surface area contributed by atoms with Gasteiger partial charge in [-0.3, -0.25) is 0 Å². The Morgan fingerprint density at radius 3 is 2.62 bits per heavy atom. The first-order valence-corrected chi connectivity index (χ1v) is 9.72. The van der Waals surface area contributed by atoms with Gasteiger partial charge in [-0.25, -0.2) is 15.0 Å². The first-order chi connectivity index (χ1) is 14.2. The maximum absolute atomic E-state index is 9.48. The fourth-order valence-corrected chi connectivity index (χ4v) is 3.48. The van der Waals surface area contributed by atoms with Crippen LogP contribution in [0.3, 0.4) is 0 Å². The molecule has 1 saturated heterocycles. The van der Waals surface area contributed by atoms with Crippen molar-refractivity contribution in [3.8, 4) is 17.3 Å². The van der Waals surface area contributed by atoms with Crippen molar-refractivity contribution in [2.24, 2.45) is 0 Å². The fourth-order valence-electron chi connectivity index (χ4n) is 3.48. The molecule has 0 aromatic carbocycles. The monoisotopic (exact) mass is 384 g/mol. The average Bonchev–Trinajstić information content (AvgIpc) is 3.57. The summed E-state index contributed by atoms with van der Waals surface area (Å²) in [4.78, 5) is 15.6. The van der Waals surface area contributed by atoms with Crippen molar-refractivity contribution in [1.82, 2.24) is 15.0 Å². The predicted molar refractivity (Wildman–Crippen MR) is 110 cm³/mol. The van der Waals surface area contributed by atoms with Gasteiger partial charge in [0.2, 0.25) is 0 Å². The van der Waals surface area contributed by atoms with Crippen LogP contribution in [-0.4, -0.2) is 39.3 Å². The molecule has 0 radical (unpaired) electrons. The van der Waals surface area contributed by atoms with Crippen LogP contribution in [0.1, 0.15) is 29.9 Å². The third kappa shape index (κ3) is 3.75. The maximum atomic E-state index is 9.48. The van der Waals surface area contributed by atoms with E-state index >= 15 is 0 Å². The Balaban J connectivity index is 1.44. The summed E-state index contributed by atoms with van der Waals surface area (Å²) in [6.07, 6.45) is 5.58. The van der Waals surface area contributed by atoms with Crippen molar-refractivity contribution in [3.63, 3.8) is 0 Å². The van der Waals surface area contributed by atoms with E-state index < -0.39 is 0 Å². The number of β-amino-alcohol motifs (C(OH)–C–C–N with tert-alkyl or cyclic N) is 1. The molecule has 1 aliphatic carbocycles. The molecule has 7 nitrogen and oxygen atoms in total. The highest BCUT2D eigenvalue weighted by atomic mass is 16.3. The highest BCUT2D eigenvalue weighted by molar-refractivity contribution is 5.66. The van der Waals surface area contributed by atoms with E-state index in [4.69, 9.17) is 10.2 Å². The van der Waals surface area contributed by atoms with Crippen molar-refractivity contribution in [1.29, 1.82) is 5.26 Å². The van der Waals surface area contributed by atoms with E-state index in [9.17, 15) is 5.11 Å². The lowest BCUT2D eigenvalue weighted by Crippen LogP contribution is -2.51. The third-order valence-electron chi connectivity index (χ3n) is 5.27. The van der Waals surface area contributed by atoms with E-state index in [-0.39, 0.29) is 6.10 Å². The molecule has 29 heavy (non-hydrogen) atoms. The van der Waals surface area contributed by atoms with Crippen molar-refractivity contribution >= 4 is 17.5 Å². The van der Waals surface area contributed by atoms with Crippen LogP contribution in [0.15, 0.2) is 48.8 Å². The topological polar surface area (TPSA) is 98.0 Å². The zero-order valence-electron chi connectivity index (χ0n) is 15.8. The number of hydrogen-bond acceptors (Lipinski definition) is 7. The van der Waals surface area contributed by atoms with Crippen LogP contribution in [0.4, 0.5) is 17.5 Å². The van der Waals surface area contributed by atoms with Crippen molar-refractivity contribution < 1.29 is 5.11 Å². The first-order valence-electron chi connectivity index (χ1n) is 9.72. The summed E-state index contributed by atoms with van der Waals surface area (Å²) in [6.45, 7) is 1.26. The van der Waals surface area contributed by atoms with Crippen LogP contribution in [0.2, 0.25) is 0 Å². The number of hydrogen-bond donors (Lipinski definition) is 2.